The largest absolute Gasteiger partial charge is 0.352 e. The lowest BCUT2D eigenvalue weighted by molar-refractivity contribution is 0.102. The van der Waals surface area contributed by atoms with Gasteiger partial charge in [-0.05, 0) is 24.3 Å². The third kappa shape index (κ3) is 1.65. The van der Waals surface area contributed by atoms with Crippen molar-refractivity contribution in [1.29, 1.82) is 0 Å². The Hall–Kier alpha value is -2.00. The summed E-state index contributed by atoms with van der Waals surface area (Å²) in [5.74, 6) is -0.153. The summed E-state index contributed by atoms with van der Waals surface area (Å²) < 4.78 is 0. The normalized spacial score (nSPS) is 12.9. The van der Waals surface area contributed by atoms with Crippen LogP contribution in [0.5, 0.6) is 0 Å². The zero-order chi connectivity index (χ0) is 11.8. The lowest BCUT2D eigenvalue weighted by Gasteiger charge is -2.09. The van der Waals surface area contributed by atoms with Gasteiger partial charge in [-0.2, -0.15) is 0 Å². The van der Waals surface area contributed by atoms with Crippen molar-refractivity contribution in [2.45, 2.75) is 0 Å². The Labute approximate surface area is 103 Å². The number of benzene rings is 2. The molecule has 3 nitrogen and oxygen atoms in total. The van der Waals surface area contributed by atoms with Crippen molar-refractivity contribution in [3.63, 3.8) is 0 Å². The number of amides is 1. The number of hydrogen-bond acceptors (Lipinski definition) is 2. The molecule has 0 aromatic heterocycles. The van der Waals surface area contributed by atoms with E-state index in [9.17, 15) is 4.79 Å². The number of halogens is 1. The first-order valence-electron chi connectivity index (χ1n) is 5.21. The van der Waals surface area contributed by atoms with Crippen LogP contribution < -0.4 is 10.6 Å². The minimum atomic E-state index is -0.153. The van der Waals surface area contributed by atoms with Crippen molar-refractivity contribution in [2.75, 3.05) is 10.6 Å². The number of carbonyl (C=O) groups is 1. The van der Waals surface area contributed by atoms with Gasteiger partial charge in [-0.1, -0.05) is 29.8 Å². The number of fused-ring (bicyclic) bond motifs is 2. The lowest BCUT2D eigenvalue weighted by atomic mass is 10.1. The number of rotatable bonds is 0. The number of nitrogens with one attached hydrogen (secondary N) is 2. The smallest absolute Gasteiger partial charge is 0.257 e. The maximum Gasteiger partial charge on any atom is 0.257 e. The molecule has 0 radical (unpaired) electrons. The van der Waals surface area contributed by atoms with Crippen molar-refractivity contribution in [1.82, 2.24) is 0 Å². The standard InChI is InChI=1S/C13H9ClN2O/c14-9-5-3-4-8-12(9)15-10-6-1-2-7-11(10)16-13(8)17/h1-7,15H,(H,16,17). The van der Waals surface area contributed by atoms with E-state index in [1.54, 1.807) is 18.2 Å². The molecule has 0 fully saturated rings. The van der Waals surface area contributed by atoms with Gasteiger partial charge in [0, 0.05) is 0 Å². The topological polar surface area (TPSA) is 41.1 Å². The number of carbonyl (C=O) groups excluding carboxylic acids is 1. The van der Waals surface area contributed by atoms with E-state index in [2.05, 4.69) is 10.6 Å². The van der Waals surface area contributed by atoms with Crippen LogP contribution in [0.2, 0.25) is 5.02 Å². The molecule has 17 heavy (non-hydrogen) atoms. The third-order valence-corrected chi connectivity index (χ3v) is 3.01. The van der Waals surface area contributed by atoms with Gasteiger partial charge in [0.15, 0.2) is 0 Å². The highest BCUT2D eigenvalue weighted by atomic mass is 35.5. The number of para-hydroxylation sites is 3. The van der Waals surface area contributed by atoms with Gasteiger partial charge >= 0.3 is 0 Å². The van der Waals surface area contributed by atoms with Crippen LogP contribution in [0.3, 0.4) is 0 Å². The molecule has 2 N–H and O–H groups in total. The highest BCUT2D eigenvalue weighted by Crippen LogP contribution is 2.35. The molecular formula is C13H9ClN2O. The Morgan fingerprint density at radius 1 is 0.882 bits per heavy atom. The van der Waals surface area contributed by atoms with Gasteiger partial charge in [-0.25, -0.2) is 0 Å². The summed E-state index contributed by atoms with van der Waals surface area (Å²) in [4.78, 5) is 12.0. The molecule has 0 aliphatic carbocycles. The molecule has 1 heterocycles. The first kappa shape index (κ1) is 10.2. The molecule has 0 saturated carbocycles. The van der Waals surface area contributed by atoms with Gasteiger partial charge in [-0.15, -0.1) is 0 Å². The molecule has 2 aromatic carbocycles. The van der Waals surface area contributed by atoms with Gasteiger partial charge in [0.25, 0.3) is 5.91 Å². The van der Waals surface area contributed by atoms with E-state index in [0.717, 1.165) is 11.4 Å². The van der Waals surface area contributed by atoms with Gasteiger partial charge in [0.1, 0.15) is 0 Å². The quantitative estimate of drug-likeness (QED) is 0.743. The Kier molecular flexibility index (Phi) is 2.27. The summed E-state index contributed by atoms with van der Waals surface area (Å²) in [6, 6.07) is 12.8. The van der Waals surface area contributed by atoms with Crippen LogP contribution in [0.15, 0.2) is 42.5 Å². The summed E-state index contributed by atoms with van der Waals surface area (Å²) in [6.07, 6.45) is 0. The summed E-state index contributed by atoms with van der Waals surface area (Å²) in [5, 5.41) is 6.57. The maximum atomic E-state index is 12.0. The van der Waals surface area contributed by atoms with E-state index in [4.69, 9.17) is 11.6 Å². The van der Waals surface area contributed by atoms with E-state index >= 15 is 0 Å². The maximum absolute atomic E-state index is 12.0. The van der Waals surface area contributed by atoms with Crippen molar-refractivity contribution >= 4 is 34.6 Å². The van der Waals surface area contributed by atoms with E-state index in [-0.39, 0.29) is 5.91 Å². The van der Waals surface area contributed by atoms with E-state index in [1.807, 2.05) is 24.3 Å². The lowest BCUT2D eigenvalue weighted by Crippen LogP contribution is -2.10. The van der Waals surface area contributed by atoms with Gasteiger partial charge < -0.3 is 10.6 Å². The van der Waals surface area contributed by atoms with Crippen molar-refractivity contribution in [2.24, 2.45) is 0 Å². The molecule has 4 heteroatoms. The second-order valence-corrected chi connectivity index (χ2v) is 4.19. The molecule has 0 unspecified atom stereocenters. The van der Waals surface area contributed by atoms with E-state index in [1.165, 1.54) is 0 Å². The SMILES string of the molecule is O=C1Nc2ccccc2Nc2c(Cl)cccc21. The summed E-state index contributed by atoms with van der Waals surface area (Å²) >= 11 is 6.10. The molecule has 0 saturated heterocycles. The molecule has 2 aromatic rings. The van der Waals surface area contributed by atoms with Crippen molar-refractivity contribution in [3.8, 4) is 0 Å². The summed E-state index contributed by atoms with van der Waals surface area (Å²) in [5.41, 5.74) is 2.79. The average Bonchev–Trinajstić information content (AvgIpc) is 2.47. The second kappa shape index (κ2) is 3.79. The fourth-order valence-corrected chi connectivity index (χ4v) is 2.09. The molecule has 0 spiro atoms. The zero-order valence-corrected chi connectivity index (χ0v) is 9.58. The first-order chi connectivity index (χ1) is 8.25. The summed E-state index contributed by atoms with van der Waals surface area (Å²) in [7, 11) is 0. The molecule has 84 valence electrons. The Morgan fingerprint density at radius 2 is 1.59 bits per heavy atom. The zero-order valence-electron chi connectivity index (χ0n) is 8.83. The molecule has 3 rings (SSSR count). The fourth-order valence-electron chi connectivity index (χ4n) is 1.87. The van der Waals surface area contributed by atoms with E-state index in [0.29, 0.717) is 16.3 Å². The van der Waals surface area contributed by atoms with Crippen molar-refractivity contribution < 1.29 is 4.79 Å². The molecular weight excluding hydrogens is 236 g/mol. The van der Waals surface area contributed by atoms with Crippen LogP contribution in [-0.2, 0) is 0 Å². The molecule has 1 aliphatic heterocycles. The molecule has 0 bridgehead atoms. The van der Waals surface area contributed by atoms with Crippen LogP contribution in [0.4, 0.5) is 17.1 Å². The van der Waals surface area contributed by atoms with Crippen LogP contribution in [0.25, 0.3) is 0 Å². The number of hydrogen-bond donors (Lipinski definition) is 2. The van der Waals surface area contributed by atoms with Crippen molar-refractivity contribution in [3.05, 3.63) is 53.1 Å². The minimum absolute atomic E-state index is 0.153. The molecule has 0 atom stereocenters. The first-order valence-corrected chi connectivity index (χ1v) is 5.59. The van der Waals surface area contributed by atoms with Crippen LogP contribution in [0, 0.1) is 0 Å². The highest BCUT2D eigenvalue weighted by molar-refractivity contribution is 6.34. The van der Waals surface area contributed by atoms with Crippen LogP contribution in [0.1, 0.15) is 10.4 Å². The predicted octanol–water partition coefficient (Wildman–Crippen LogP) is 3.65. The third-order valence-electron chi connectivity index (χ3n) is 2.69. The Balaban J connectivity index is 2.22. The molecule has 1 amide bonds. The summed E-state index contributed by atoms with van der Waals surface area (Å²) in [6.45, 7) is 0. The van der Waals surface area contributed by atoms with E-state index < -0.39 is 0 Å². The fraction of sp³-hybridized carbons (Fsp3) is 0. The van der Waals surface area contributed by atoms with Gasteiger partial charge in [0.2, 0.25) is 0 Å². The highest BCUT2D eigenvalue weighted by Gasteiger charge is 2.19. The van der Waals surface area contributed by atoms with Gasteiger partial charge in [-0.3, -0.25) is 4.79 Å². The average molecular weight is 245 g/mol. The number of anilines is 3. The minimum Gasteiger partial charge on any atom is -0.352 e. The van der Waals surface area contributed by atoms with Gasteiger partial charge in [0.05, 0.1) is 27.6 Å². The van der Waals surface area contributed by atoms with Crippen LogP contribution in [-0.4, -0.2) is 5.91 Å². The Morgan fingerprint density at radius 3 is 2.35 bits per heavy atom. The second-order valence-electron chi connectivity index (χ2n) is 3.79. The van der Waals surface area contributed by atoms with Crippen LogP contribution >= 0.6 is 11.6 Å². The Bertz CT molecular complexity index is 610. The predicted molar refractivity (Wildman–Crippen MR) is 69.1 cm³/mol. The monoisotopic (exact) mass is 244 g/mol. The molecule has 1 aliphatic rings.